The van der Waals surface area contributed by atoms with E-state index < -0.39 is 49.5 Å². The second kappa shape index (κ2) is 69.0. The van der Waals surface area contributed by atoms with Gasteiger partial charge in [-0.1, -0.05) is 345 Å². The SMILES string of the molecule is CCCCCC/C=C/CC/C=C/C(O)C(COC1OC(CO)C(O)C(O)C1O)NC(=O)CCCCCCCCCCCCCCCCCCC/C=C\C/C=C\CCCCCCCCCCCCCCCCCOC(=O)CCCCCCCCCCCCCCCC. The molecule has 1 saturated heterocycles. The number of hydrogen-bond acceptors (Lipinski definition) is 10. The Hall–Kier alpha value is -2.38. The Labute approximate surface area is 561 Å². The highest BCUT2D eigenvalue weighted by Crippen LogP contribution is 2.24. The Morgan fingerprint density at radius 1 is 0.407 bits per heavy atom. The molecule has 0 bridgehead atoms. The van der Waals surface area contributed by atoms with Crippen molar-refractivity contribution in [2.24, 2.45) is 0 Å². The monoisotopic (exact) mass is 1280 g/mol. The van der Waals surface area contributed by atoms with Crippen molar-refractivity contribution in [1.82, 2.24) is 5.32 Å². The first-order valence-corrected chi connectivity index (χ1v) is 39.4. The van der Waals surface area contributed by atoms with E-state index in [2.05, 4.69) is 55.6 Å². The number of aliphatic hydroxyl groups excluding tert-OH is 5. The molecule has 0 aliphatic carbocycles. The van der Waals surface area contributed by atoms with Gasteiger partial charge in [-0.05, 0) is 77.0 Å². The standard InChI is InChI=1S/C80H149NO10/c1-3-5-7-9-11-13-15-16-45-48-52-56-60-64-68-76(85)89-69-65-61-57-53-49-46-43-41-39-37-35-33-31-29-27-25-23-21-19-17-18-20-22-24-26-28-30-32-34-36-38-40-42-44-47-51-55-59-63-67-75(84)81-72(71-90-80-79(88)78(87)77(86)74(70-82)91-80)73(83)66-62-58-54-50-14-12-10-8-6-4-2/h14,17-18,21,23,50,62,66,72-74,77-80,82-83,86-88H,3-13,15-16,19-20,22,24-49,51-61,63-65,67-71H2,1-2H3,(H,81,84)/b18-17-,23-21-,50-14+,66-62+. The number of rotatable bonds is 70. The first-order valence-electron chi connectivity index (χ1n) is 39.4. The Kier molecular flexibility index (Phi) is 65.7. The molecule has 1 aliphatic rings. The molecule has 0 aromatic heterocycles. The minimum Gasteiger partial charge on any atom is -0.466 e. The first kappa shape index (κ1) is 86.6. The predicted molar refractivity (Wildman–Crippen MR) is 384 cm³/mol. The zero-order valence-electron chi connectivity index (χ0n) is 59.6. The molecular weight excluding hydrogens is 1130 g/mol. The molecule has 0 aromatic rings. The highest BCUT2D eigenvalue weighted by molar-refractivity contribution is 5.76. The number of hydrogen-bond donors (Lipinski definition) is 6. The summed E-state index contributed by atoms with van der Waals surface area (Å²) in [5.41, 5.74) is 0. The molecule has 1 rings (SSSR count). The van der Waals surface area contributed by atoms with Crippen LogP contribution in [0, 0.1) is 0 Å². The highest BCUT2D eigenvalue weighted by atomic mass is 16.7. The van der Waals surface area contributed by atoms with Gasteiger partial charge in [-0.2, -0.15) is 0 Å². The van der Waals surface area contributed by atoms with Crippen molar-refractivity contribution in [2.75, 3.05) is 19.8 Å². The summed E-state index contributed by atoms with van der Waals surface area (Å²) in [5, 5.41) is 54.4. The molecule has 0 radical (unpaired) electrons. The van der Waals surface area contributed by atoms with Crippen LogP contribution in [-0.4, -0.2) is 100 Å². The molecule has 1 amide bonds. The predicted octanol–water partition coefficient (Wildman–Crippen LogP) is 21.1. The Bertz CT molecular complexity index is 1650. The summed E-state index contributed by atoms with van der Waals surface area (Å²) >= 11 is 0. The van der Waals surface area contributed by atoms with E-state index in [4.69, 9.17) is 14.2 Å². The lowest BCUT2D eigenvalue weighted by Crippen LogP contribution is -2.60. The molecule has 0 saturated carbocycles. The third-order valence-electron chi connectivity index (χ3n) is 18.7. The third kappa shape index (κ3) is 57.6. The molecule has 0 aromatic carbocycles. The van der Waals surface area contributed by atoms with Crippen LogP contribution in [0.15, 0.2) is 48.6 Å². The van der Waals surface area contributed by atoms with Crippen LogP contribution < -0.4 is 5.32 Å². The topological polar surface area (TPSA) is 175 Å². The van der Waals surface area contributed by atoms with E-state index in [1.807, 2.05) is 6.08 Å². The van der Waals surface area contributed by atoms with Gasteiger partial charge in [0, 0.05) is 12.8 Å². The van der Waals surface area contributed by atoms with Crippen molar-refractivity contribution >= 4 is 11.9 Å². The van der Waals surface area contributed by atoms with Crippen LogP contribution in [0.3, 0.4) is 0 Å². The lowest BCUT2D eigenvalue weighted by Gasteiger charge is -2.40. The van der Waals surface area contributed by atoms with E-state index in [0.717, 1.165) is 57.8 Å². The molecule has 7 unspecified atom stereocenters. The zero-order chi connectivity index (χ0) is 65.8. The average Bonchev–Trinajstić information content (AvgIpc) is 2.82. The number of carbonyl (C=O) groups excluding carboxylic acids is 2. The maximum absolute atomic E-state index is 13.0. The maximum Gasteiger partial charge on any atom is 0.305 e. The van der Waals surface area contributed by atoms with Gasteiger partial charge < -0.3 is 45.1 Å². The lowest BCUT2D eigenvalue weighted by atomic mass is 9.99. The summed E-state index contributed by atoms with van der Waals surface area (Å²) in [5.74, 6) is -0.172. The van der Waals surface area contributed by atoms with Crippen LogP contribution in [0.2, 0.25) is 0 Å². The maximum atomic E-state index is 13.0. The molecule has 534 valence electrons. The molecule has 1 fully saturated rings. The number of unbranched alkanes of at least 4 members (excludes halogenated alkanes) is 50. The fraction of sp³-hybridized carbons (Fsp3) is 0.875. The van der Waals surface area contributed by atoms with Gasteiger partial charge >= 0.3 is 5.97 Å². The van der Waals surface area contributed by atoms with Gasteiger partial charge in [0.05, 0.1) is 32.0 Å². The first-order chi connectivity index (χ1) is 44.7. The van der Waals surface area contributed by atoms with Crippen LogP contribution in [0.1, 0.15) is 386 Å². The summed E-state index contributed by atoms with van der Waals surface area (Å²) in [6.07, 6.45) is 81.6. The molecule has 6 N–H and O–H groups in total. The van der Waals surface area contributed by atoms with Crippen molar-refractivity contribution in [1.29, 1.82) is 0 Å². The summed E-state index contributed by atoms with van der Waals surface area (Å²) in [6, 6.07) is -0.825. The number of ether oxygens (including phenoxy) is 3. The number of nitrogens with one attached hydrogen (secondary N) is 1. The molecule has 0 spiro atoms. The van der Waals surface area contributed by atoms with Crippen molar-refractivity contribution in [3.8, 4) is 0 Å². The zero-order valence-corrected chi connectivity index (χ0v) is 59.6. The van der Waals surface area contributed by atoms with Crippen molar-refractivity contribution < 1.29 is 49.3 Å². The third-order valence-corrected chi connectivity index (χ3v) is 18.7. The van der Waals surface area contributed by atoms with E-state index in [-0.39, 0.29) is 18.5 Å². The van der Waals surface area contributed by atoms with E-state index >= 15 is 0 Å². The second-order valence-electron chi connectivity index (χ2n) is 27.4. The van der Waals surface area contributed by atoms with Gasteiger partial charge in [-0.25, -0.2) is 0 Å². The van der Waals surface area contributed by atoms with E-state index in [1.165, 1.54) is 302 Å². The molecule has 1 aliphatic heterocycles. The molecular formula is C80H149NO10. The largest absolute Gasteiger partial charge is 0.466 e. The fourth-order valence-corrected chi connectivity index (χ4v) is 12.5. The fourth-order valence-electron chi connectivity index (χ4n) is 12.5. The Balaban J connectivity index is 1.88. The molecule has 11 nitrogen and oxygen atoms in total. The van der Waals surface area contributed by atoms with Crippen LogP contribution in [0.5, 0.6) is 0 Å². The van der Waals surface area contributed by atoms with Crippen molar-refractivity contribution in [3.63, 3.8) is 0 Å². The quantitative estimate of drug-likeness (QED) is 0.0195. The minimum absolute atomic E-state index is 0.0171. The van der Waals surface area contributed by atoms with Crippen LogP contribution in [-0.2, 0) is 23.8 Å². The Morgan fingerprint density at radius 2 is 0.747 bits per heavy atom. The second-order valence-corrected chi connectivity index (χ2v) is 27.4. The number of carbonyl (C=O) groups is 2. The van der Waals surface area contributed by atoms with Crippen molar-refractivity contribution in [2.45, 2.75) is 429 Å². The number of amides is 1. The number of esters is 1. The highest BCUT2D eigenvalue weighted by Gasteiger charge is 2.44. The molecule has 91 heavy (non-hydrogen) atoms. The summed E-state index contributed by atoms with van der Waals surface area (Å²) in [6.45, 7) is 4.34. The van der Waals surface area contributed by atoms with Gasteiger partial charge in [0.15, 0.2) is 6.29 Å². The molecule has 1 heterocycles. The van der Waals surface area contributed by atoms with Crippen molar-refractivity contribution in [3.05, 3.63) is 48.6 Å². The smallest absolute Gasteiger partial charge is 0.305 e. The molecule has 7 atom stereocenters. The Morgan fingerprint density at radius 3 is 1.16 bits per heavy atom. The lowest BCUT2D eigenvalue weighted by molar-refractivity contribution is -0.302. The van der Waals surface area contributed by atoms with E-state index in [1.54, 1.807) is 6.08 Å². The summed E-state index contributed by atoms with van der Waals surface area (Å²) in [7, 11) is 0. The molecule has 11 heteroatoms. The average molecular weight is 1290 g/mol. The van der Waals surface area contributed by atoms with E-state index in [0.29, 0.717) is 19.4 Å². The number of allylic oxidation sites excluding steroid dienone is 7. The van der Waals surface area contributed by atoms with E-state index in [9.17, 15) is 35.1 Å². The van der Waals surface area contributed by atoms with Crippen LogP contribution in [0.25, 0.3) is 0 Å². The van der Waals surface area contributed by atoms with Gasteiger partial charge in [-0.3, -0.25) is 9.59 Å². The van der Waals surface area contributed by atoms with Crippen LogP contribution in [0.4, 0.5) is 0 Å². The van der Waals surface area contributed by atoms with Gasteiger partial charge in [0.1, 0.15) is 24.4 Å². The summed E-state index contributed by atoms with van der Waals surface area (Å²) in [4.78, 5) is 25.1. The number of aliphatic hydroxyl groups is 5. The van der Waals surface area contributed by atoms with Gasteiger partial charge in [0.2, 0.25) is 5.91 Å². The van der Waals surface area contributed by atoms with Gasteiger partial charge in [0.25, 0.3) is 0 Å². The normalized spacial score (nSPS) is 17.8. The van der Waals surface area contributed by atoms with Crippen LogP contribution >= 0.6 is 0 Å². The summed E-state index contributed by atoms with van der Waals surface area (Å²) < 4.78 is 16.7. The van der Waals surface area contributed by atoms with Gasteiger partial charge in [-0.15, -0.1) is 0 Å². The minimum atomic E-state index is -1.57.